The van der Waals surface area contributed by atoms with Crippen LogP contribution in [-0.2, 0) is 0 Å². The van der Waals surface area contributed by atoms with Gasteiger partial charge in [0.05, 0.1) is 5.69 Å². The number of aryl methyl sites for hydroxylation is 2. The molecule has 4 aromatic rings. The van der Waals surface area contributed by atoms with Gasteiger partial charge < -0.3 is 4.90 Å². The fraction of sp³-hybridized carbons (Fsp3) is 0.276. The van der Waals surface area contributed by atoms with Crippen molar-refractivity contribution in [2.24, 2.45) is 0 Å². The summed E-state index contributed by atoms with van der Waals surface area (Å²) in [4.78, 5) is 23.7. The lowest BCUT2D eigenvalue weighted by atomic mass is 9.98. The number of halogens is 2. The van der Waals surface area contributed by atoms with E-state index in [1.807, 2.05) is 71.8 Å². The summed E-state index contributed by atoms with van der Waals surface area (Å²) in [7, 11) is 3.82. The van der Waals surface area contributed by atoms with E-state index in [9.17, 15) is 13.6 Å². The van der Waals surface area contributed by atoms with Crippen molar-refractivity contribution in [3.63, 3.8) is 0 Å². The van der Waals surface area contributed by atoms with E-state index in [1.165, 1.54) is 12.1 Å². The first-order valence-corrected chi connectivity index (χ1v) is 12.0. The van der Waals surface area contributed by atoms with Gasteiger partial charge in [-0.1, -0.05) is 52.5 Å². The SMILES string of the molecule is C=C(c1ccc(C)c(-c2nc(C)nc3c2ccc(=O)n3-c2c(F)cccc2F)c1)N(C)C.CC.CC. The summed E-state index contributed by atoms with van der Waals surface area (Å²) in [6.07, 6.45) is 0. The first-order chi connectivity index (χ1) is 17.2. The average Bonchev–Trinajstić information content (AvgIpc) is 2.87. The number of hydrogen-bond donors (Lipinski definition) is 0. The van der Waals surface area contributed by atoms with Crippen LogP contribution in [0.1, 0.15) is 44.6 Å². The van der Waals surface area contributed by atoms with Crippen LogP contribution in [0.5, 0.6) is 0 Å². The topological polar surface area (TPSA) is 51.0 Å². The van der Waals surface area contributed by atoms with Crippen molar-refractivity contribution in [3.8, 4) is 16.9 Å². The van der Waals surface area contributed by atoms with Crippen LogP contribution in [0.25, 0.3) is 33.7 Å². The highest BCUT2D eigenvalue weighted by Crippen LogP contribution is 2.32. The van der Waals surface area contributed by atoms with E-state index >= 15 is 0 Å². The Bertz CT molecular complexity index is 1420. The van der Waals surface area contributed by atoms with Crippen LogP contribution in [0.2, 0.25) is 0 Å². The normalized spacial score (nSPS) is 10.2. The van der Waals surface area contributed by atoms with Gasteiger partial charge in [0.2, 0.25) is 0 Å². The summed E-state index contributed by atoms with van der Waals surface area (Å²) in [5.74, 6) is -1.32. The molecular formula is C29H34F2N4O. The Morgan fingerprint density at radius 1 is 0.917 bits per heavy atom. The Hall–Kier alpha value is -3.87. The van der Waals surface area contributed by atoms with Gasteiger partial charge in [0.15, 0.2) is 5.65 Å². The summed E-state index contributed by atoms with van der Waals surface area (Å²) in [6, 6.07) is 12.2. The van der Waals surface area contributed by atoms with Crippen LogP contribution >= 0.6 is 0 Å². The number of rotatable bonds is 4. The summed E-state index contributed by atoms with van der Waals surface area (Å²) in [5, 5.41) is 0.508. The minimum Gasteiger partial charge on any atom is -0.378 e. The van der Waals surface area contributed by atoms with Gasteiger partial charge in [-0.05, 0) is 49.2 Å². The van der Waals surface area contributed by atoms with Crippen molar-refractivity contribution < 1.29 is 8.78 Å². The van der Waals surface area contributed by atoms with Crippen molar-refractivity contribution in [3.05, 3.63) is 94.0 Å². The lowest BCUT2D eigenvalue weighted by Crippen LogP contribution is -2.21. The van der Waals surface area contributed by atoms with Gasteiger partial charge in [0.1, 0.15) is 23.1 Å². The maximum absolute atomic E-state index is 14.6. The molecular weight excluding hydrogens is 458 g/mol. The Labute approximate surface area is 211 Å². The molecule has 0 radical (unpaired) electrons. The first-order valence-electron chi connectivity index (χ1n) is 12.0. The van der Waals surface area contributed by atoms with E-state index in [0.717, 1.165) is 39.1 Å². The third-order valence-electron chi connectivity index (χ3n) is 5.39. The average molecular weight is 493 g/mol. The third-order valence-corrected chi connectivity index (χ3v) is 5.39. The zero-order valence-electron chi connectivity index (χ0n) is 22.3. The minimum absolute atomic E-state index is 0.139. The highest BCUT2D eigenvalue weighted by Gasteiger charge is 2.19. The van der Waals surface area contributed by atoms with Crippen LogP contribution < -0.4 is 5.56 Å². The number of para-hydroxylation sites is 1. The number of nitrogens with zero attached hydrogens (tertiary/aromatic N) is 4. The Morgan fingerprint density at radius 3 is 2.11 bits per heavy atom. The molecule has 2 aromatic carbocycles. The Kier molecular flexibility index (Phi) is 9.61. The molecule has 0 unspecified atom stereocenters. The molecule has 0 aliphatic rings. The molecule has 2 heterocycles. The molecule has 2 aromatic heterocycles. The molecule has 0 spiro atoms. The van der Waals surface area contributed by atoms with Gasteiger partial charge in [-0.2, -0.15) is 0 Å². The summed E-state index contributed by atoms with van der Waals surface area (Å²) < 4.78 is 30.2. The number of hydrogen-bond acceptors (Lipinski definition) is 4. The number of aromatic nitrogens is 3. The molecule has 0 aliphatic heterocycles. The molecule has 5 nitrogen and oxygen atoms in total. The van der Waals surface area contributed by atoms with Crippen molar-refractivity contribution in [1.29, 1.82) is 0 Å². The van der Waals surface area contributed by atoms with Crippen LogP contribution in [0, 0.1) is 25.5 Å². The molecule has 190 valence electrons. The standard InChI is InChI=1S/C25H22F2N4O.2C2H6/c1-14-9-10-17(15(2)30(4)5)13-19(14)23-18-11-12-22(32)31(25(18)29-16(3)28-23)24-20(26)7-6-8-21(24)27;2*1-2/h6-13H,2H2,1,3-5H3;2*1-2H3. The number of benzene rings is 2. The lowest BCUT2D eigenvalue weighted by Gasteiger charge is -2.18. The van der Waals surface area contributed by atoms with Gasteiger partial charge in [0.25, 0.3) is 5.56 Å². The second kappa shape index (κ2) is 12.2. The second-order valence-corrected chi connectivity index (χ2v) is 7.80. The molecule has 0 fully saturated rings. The quantitative estimate of drug-likeness (QED) is 0.310. The smallest absolute Gasteiger partial charge is 0.256 e. The molecule has 0 bridgehead atoms. The molecule has 0 amide bonds. The Morgan fingerprint density at radius 2 is 1.53 bits per heavy atom. The monoisotopic (exact) mass is 492 g/mol. The van der Waals surface area contributed by atoms with E-state index < -0.39 is 22.9 Å². The lowest BCUT2D eigenvalue weighted by molar-refractivity contribution is 0.568. The van der Waals surface area contributed by atoms with E-state index in [4.69, 9.17) is 0 Å². The van der Waals surface area contributed by atoms with Crippen LogP contribution in [-0.4, -0.2) is 33.5 Å². The van der Waals surface area contributed by atoms with Gasteiger partial charge in [-0.3, -0.25) is 9.36 Å². The predicted molar refractivity (Wildman–Crippen MR) is 145 cm³/mol. The number of fused-ring (bicyclic) bond motifs is 1. The van der Waals surface area contributed by atoms with Gasteiger partial charge in [-0.15, -0.1) is 0 Å². The van der Waals surface area contributed by atoms with Crippen molar-refractivity contribution in [2.75, 3.05) is 14.1 Å². The highest BCUT2D eigenvalue weighted by molar-refractivity contribution is 5.92. The maximum Gasteiger partial charge on any atom is 0.256 e. The van der Waals surface area contributed by atoms with E-state index in [0.29, 0.717) is 16.9 Å². The zero-order chi connectivity index (χ0) is 27.2. The molecule has 0 saturated carbocycles. The Balaban J connectivity index is 0.00000109. The van der Waals surface area contributed by atoms with Gasteiger partial charge >= 0.3 is 0 Å². The molecule has 7 heteroatoms. The zero-order valence-corrected chi connectivity index (χ0v) is 22.3. The van der Waals surface area contributed by atoms with Gasteiger partial charge in [-0.25, -0.2) is 18.7 Å². The minimum atomic E-state index is -0.849. The van der Waals surface area contributed by atoms with Crippen molar-refractivity contribution >= 4 is 16.7 Å². The fourth-order valence-electron chi connectivity index (χ4n) is 3.66. The molecule has 4 rings (SSSR count). The molecule has 0 atom stereocenters. The van der Waals surface area contributed by atoms with E-state index in [2.05, 4.69) is 16.5 Å². The van der Waals surface area contributed by atoms with E-state index in [-0.39, 0.29) is 5.65 Å². The van der Waals surface area contributed by atoms with Crippen molar-refractivity contribution in [2.45, 2.75) is 41.5 Å². The maximum atomic E-state index is 14.6. The molecule has 0 N–H and O–H groups in total. The fourth-order valence-corrected chi connectivity index (χ4v) is 3.66. The second-order valence-electron chi connectivity index (χ2n) is 7.80. The predicted octanol–water partition coefficient (Wildman–Crippen LogP) is 6.93. The highest BCUT2D eigenvalue weighted by atomic mass is 19.1. The van der Waals surface area contributed by atoms with Crippen LogP contribution in [0.3, 0.4) is 0 Å². The van der Waals surface area contributed by atoms with Crippen LogP contribution in [0.15, 0.2) is 59.9 Å². The van der Waals surface area contributed by atoms with Crippen molar-refractivity contribution in [1.82, 2.24) is 19.4 Å². The molecule has 0 saturated heterocycles. The van der Waals surface area contributed by atoms with Gasteiger partial charge in [0, 0.05) is 36.8 Å². The van der Waals surface area contributed by atoms with E-state index in [1.54, 1.807) is 13.0 Å². The first kappa shape index (κ1) is 28.4. The third kappa shape index (κ3) is 5.51. The number of pyridine rings is 1. The van der Waals surface area contributed by atoms with Crippen LogP contribution in [0.4, 0.5) is 8.78 Å². The molecule has 0 aliphatic carbocycles. The largest absolute Gasteiger partial charge is 0.378 e. The summed E-state index contributed by atoms with van der Waals surface area (Å²) >= 11 is 0. The molecule has 36 heavy (non-hydrogen) atoms. The summed E-state index contributed by atoms with van der Waals surface area (Å²) in [5.41, 5.74) is 3.18. The summed E-state index contributed by atoms with van der Waals surface area (Å²) in [6.45, 7) is 15.8.